The van der Waals surface area contributed by atoms with E-state index in [2.05, 4.69) is 24.1 Å². The van der Waals surface area contributed by atoms with E-state index >= 15 is 0 Å². The van der Waals surface area contributed by atoms with Crippen LogP contribution >= 0.6 is 0 Å². The van der Waals surface area contributed by atoms with Crippen molar-refractivity contribution >= 4 is 28.8 Å². The van der Waals surface area contributed by atoms with Crippen LogP contribution < -0.4 is 5.32 Å². The van der Waals surface area contributed by atoms with Crippen molar-refractivity contribution in [2.24, 2.45) is 13.0 Å². The Morgan fingerprint density at radius 1 is 1.09 bits per heavy atom. The zero-order valence-electron chi connectivity index (χ0n) is 18.5. The minimum absolute atomic E-state index is 0.127. The Hall–Kier alpha value is -3.55. The molecular weight excluding hydrogens is 406 g/mol. The molecule has 1 unspecified atom stereocenters. The van der Waals surface area contributed by atoms with Crippen LogP contribution in [0.5, 0.6) is 0 Å². The number of hydrogen-bond acceptors (Lipinski definition) is 5. The van der Waals surface area contributed by atoms with Gasteiger partial charge in [0.1, 0.15) is 11.5 Å². The molecule has 8 heteroatoms. The molecule has 0 spiro atoms. The van der Waals surface area contributed by atoms with Crippen molar-refractivity contribution < 1.29 is 14.4 Å². The molecule has 0 aliphatic carbocycles. The van der Waals surface area contributed by atoms with Crippen molar-refractivity contribution in [1.29, 1.82) is 0 Å². The van der Waals surface area contributed by atoms with Gasteiger partial charge in [0.25, 0.3) is 11.8 Å². The van der Waals surface area contributed by atoms with E-state index < -0.39 is 5.91 Å². The zero-order chi connectivity index (χ0) is 22.8. The van der Waals surface area contributed by atoms with Crippen LogP contribution in [0.2, 0.25) is 0 Å². The molecule has 4 rings (SSSR count). The molecule has 8 nitrogen and oxygen atoms in total. The molecule has 0 bridgehead atoms. The van der Waals surface area contributed by atoms with E-state index in [0.717, 1.165) is 23.3 Å². The topological polar surface area (TPSA) is 97.2 Å². The highest BCUT2D eigenvalue weighted by Gasteiger charge is 2.36. The Morgan fingerprint density at radius 3 is 2.59 bits per heavy atom. The van der Waals surface area contributed by atoms with Gasteiger partial charge >= 0.3 is 0 Å². The molecule has 166 valence electrons. The number of pyridine rings is 1. The third kappa shape index (κ3) is 4.12. The van der Waals surface area contributed by atoms with Gasteiger partial charge in [-0.1, -0.05) is 26.0 Å². The molecule has 1 aliphatic rings. The lowest BCUT2D eigenvalue weighted by molar-refractivity contribution is -0.122. The van der Waals surface area contributed by atoms with Crippen LogP contribution in [0.25, 0.3) is 11.0 Å². The summed E-state index contributed by atoms with van der Waals surface area (Å²) in [5.74, 6) is 0.308. The molecule has 0 radical (unpaired) electrons. The molecule has 0 saturated heterocycles. The molecule has 0 fully saturated rings. The van der Waals surface area contributed by atoms with Gasteiger partial charge in [0, 0.05) is 26.2 Å². The van der Waals surface area contributed by atoms with Gasteiger partial charge in [-0.05, 0) is 43.0 Å². The fourth-order valence-corrected chi connectivity index (χ4v) is 4.16. The van der Waals surface area contributed by atoms with Crippen LogP contribution in [0.1, 0.15) is 65.8 Å². The second-order valence-electron chi connectivity index (χ2n) is 8.53. The molecule has 32 heavy (non-hydrogen) atoms. The van der Waals surface area contributed by atoms with Gasteiger partial charge in [0.05, 0.1) is 22.6 Å². The zero-order valence-corrected chi connectivity index (χ0v) is 18.5. The number of benzene rings is 1. The first kappa shape index (κ1) is 21.7. The summed E-state index contributed by atoms with van der Waals surface area (Å²) in [6, 6.07) is 10.9. The SMILES string of the molecule is CC(C)CC(NC(=O)CCCN1C(=O)c2cccnc2C1=O)c1nc2ccccc2n1C. The van der Waals surface area contributed by atoms with E-state index in [1.54, 1.807) is 12.1 Å². The molecule has 0 saturated carbocycles. The maximum atomic E-state index is 12.7. The number of amides is 3. The van der Waals surface area contributed by atoms with Gasteiger partial charge in [-0.2, -0.15) is 0 Å². The number of aryl methyl sites for hydroxylation is 1. The molecule has 3 aromatic rings. The lowest BCUT2D eigenvalue weighted by atomic mass is 10.0. The van der Waals surface area contributed by atoms with Gasteiger partial charge in [-0.3, -0.25) is 24.3 Å². The van der Waals surface area contributed by atoms with Crippen molar-refractivity contribution in [2.45, 2.75) is 39.2 Å². The smallest absolute Gasteiger partial charge is 0.280 e. The quantitative estimate of drug-likeness (QED) is 0.550. The number of nitrogens with one attached hydrogen (secondary N) is 1. The minimum atomic E-state index is -0.400. The first-order valence-electron chi connectivity index (χ1n) is 10.9. The molecule has 1 aliphatic heterocycles. The van der Waals surface area contributed by atoms with Crippen LogP contribution in [0.15, 0.2) is 42.6 Å². The Kier molecular flexibility index (Phi) is 6.03. The second-order valence-corrected chi connectivity index (χ2v) is 8.53. The number of carbonyl (C=O) groups excluding carboxylic acids is 3. The van der Waals surface area contributed by atoms with Gasteiger partial charge in [0.2, 0.25) is 5.91 Å². The average Bonchev–Trinajstić information content (AvgIpc) is 3.23. The van der Waals surface area contributed by atoms with E-state index in [1.807, 2.05) is 35.9 Å². The van der Waals surface area contributed by atoms with E-state index in [0.29, 0.717) is 17.9 Å². The van der Waals surface area contributed by atoms with Crippen molar-refractivity contribution in [3.8, 4) is 0 Å². The van der Waals surface area contributed by atoms with Crippen LogP contribution in [0.3, 0.4) is 0 Å². The van der Waals surface area contributed by atoms with Crippen LogP contribution in [-0.4, -0.2) is 43.7 Å². The van der Waals surface area contributed by atoms with E-state index in [4.69, 9.17) is 4.98 Å². The Balaban J connectivity index is 1.40. The number of para-hydroxylation sites is 2. The van der Waals surface area contributed by atoms with Crippen molar-refractivity contribution in [2.75, 3.05) is 6.54 Å². The third-order valence-corrected chi connectivity index (χ3v) is 5.69. The van der Waals surface area contributed by atoms with Gasteiger partial charge in [-0.15, -0.1) is 0 Å². The summed E-state index contributed by atoms with van der Waals surface area (Å²) in [6.45, 7) is 4.40. The predicted octanol–water partition coefficient (Wildman–Crippen LogP) is 3.25. The highest BCUT2D eigenvalue weighted by Crippen LogP contribution is 2.25. The largest absolute Gasteiger partial charge is 0.346 e. The molecule has 3 amide bonds. The summed E-state index contributed by atoms with van der Waals surface area (Å²) in [4.78, 5) is 47.5. The minimum Gasteiger partial charge on any atom is -0.346 e. The van der Waals surface area contributed by atoms with Crippen LogP contribution in [-0.2, 0) is 11.8 Å². The monoisotopic (exact) mass is 433 g/mol. The van der Waals surface area contributed by atoms with Crippen molar-refractivity contribution in [3.63, 3.8) is 0 Å². The first-order valence-corrected chi connectivity index (χ1v) is 10.9. The number of rotatable bonds is 8. The number of hydrogen-bond donors (Lipinski definition) is 1. The van der Waals surface area contributed by atoms with Crippen molar-refractivity contribution in [1.82, 2.24) is 24.8 Å². The highest BCUT2D eigenvalue weighted by molar-refractivity contribution is 6.20. The maximum absolute atomic E-state index is 12.7. The lowest BCUT2D eigenvalue weighted by Crippen LogP contribution is -2.34. The fourth-order valence-electron chi connectivity index (χ4n) is 4.16. The van der Waals surface area contributed by atoms with Gasteiger partial charge < -0.3 is 9.88 Å². The summed E-state index contributed by atoms with van der Waals surface area (Å²) < 4.78 is 2.02. The first-order chi connectivity index (χ1) is 15.4. The number of carbonyl (C=O) groups is 3. The maximum Gasteiger partial charge on any atom is 0.280 e. The van der Waals surface area contributed by atoms with Crippen molar-refractivity contribution in [3.05, 3.63) is 59.7 Å². The molecular formula is C24H27N5O3. The summed E-state index contributed by atoms with van der Waals surface area (Å²) in [5.41, 5.74) is 2.42. The summed E-state index contributed by atoms with van der Waals surface area (Å²) in [6.07, 6.45) is 2.84. The molecule has 3 heterocycles. The molecule has 1 N–H and O–H groups in total. The Morgan fingerprint density at radius 2 is 1.88 bits per heavy atom. The molecule has 1 aromatic carbocycles. The standard InChI is InChI=1S/C24H27N5O3/c1-15(2)14-18(22-27-17-9-4-5-10-19(17)28(22)3)26-20(30)11-7-13-29-23(31)16-8-6-12-25-21(16)24(29)32/h4-6,8-10,12,15,18H,7,11,13-14H2,1-3H3,(H,26,30). The fraction of sp³-hybridized carbons (Fsp3) is 0.375. The summed E-state index contributed by atoms with van der Waals surface area (Å²) in [5, 5.41) is 3.11. The van der Waals surface area contributed by atoms with E-state index in [-0.39, 0.29) is 36.5 Å². The number of imide groups is 1. The van der Waals surface area contributed by atoms with E-state index in [1.165, 1.54) is 11.1 Å². The number of aromatic nitrogens is 3. The highest BCUT2D eigenvalue weighted by atomic mass is 16.2. The van der Waals surface area contributed by atoms with Gasteiger partial charge in [-0.25, -0.2) is 4.98 Å². The van der Waals surface area contributed by atoms with Crippen LogP contribution in [0.4, 0.5) is 0 Å². The number of fused-ring (bicyclic) bond motifs is 2. The average molecular weight is 434 g/mol. The Labute approximate surface area is 186 Å². The normalized spacial score (nSPS) is 14.3. The Bertz CT molecular complexity index is 1150. The lowest BCUT2D eigenvalue weighted by Gasteiger charge is -2.21. The molecule has 2 aromatic heterocycles. The number of nitrogens with zero attached hydrogens (tertiary/aromatic N) is 4. The molecule has 1 atom stereocenters. The second kappa shape index (κ2) is 8.90. The van der Waals surface area contributed by atoms with E-state index in [9.17, 15) is 14.4 Å². The van der Waals surface area contributed by atoms with Gasteiger partial charge in [0.15, 0.2) is 0 Å². The predicted molar refractivity (Wildman–Crippen MR) is 120 cm³/mol. The third-order valence-electron chi connectivity index (χ3n) is 5.69. The summed E-state index contributed by atoms with van der Waals surface area (Å²) >= 11 is 0. The number of imidazole rings is 1. The summed E-state index contributed by atoms with van der Waals surface area (Å²) in [7, 11) is 1.96. The van der Waals surface area contributed by atoms with Crippen LogP contribution in [0, 0.1) is 5.92 Å².